The molecule has 3 rings (SSSR count). The number of hydrogen-bond donors (Lipinski definition) is 1. The maximum absolute atomic E-state index is 14.0. The summed E-state index contributed by atoms with van der Waals surface area (Å²) < 4.78 is 14.0. The largest absolute Gasteiger partial charge is 0.309 e. The summed E-state index contributed by atoms with van der Waals surface area (Å²) in [7, 11) is 0. The molecule has 2 saturated carbocycles. The predicted octanol–water partition coefficient (Wildman–Crippen LogP) is 4.78. The molecular weight excluding hydrogens is 273 g/mol. The van der Waals surface area contributed by atoms with Crippen molar-refractivity contribution in [3.05, 3.63) is 34.6 Å². The van der Waals surface area contributed by atoms with E-state index in [-0.39, 0.29) is 10.8 Å². The maximum Gasteiger partial charge on any atom is 0.146 e. The van der Waals surface area contributed by atoms with Crippen LogP contribution in [-0.2, 0) is 6.54 Å². The lowest BCUT2D eigenvalue weighted by molar-refractivity contribution is 0.107. The molecule has 3 heteroatoms. The summed E-state index contributed by atoms with van der Waals surface area (Å²) in [5.41, 5.74) is 1.32. The molecule has 1 aromatic rings. The van der Waals surface area contributed by atoms with Crippen molar-refractivity contribution in [2.45, 2.75) is 52.6 Å². The van der Waals surface area contributed by atoms with Gasteiger partial charge in [-0.2, -0.15) is 0 Å². The first kappa shape index (κ1) is 14.3. The van der Waals surface area contributed by atoms with Crippen LogP contribution in [0.15, 0.2) is 18.2 Å². The van der Waals surface area contributed by atoms with Crippen LogP contribution in [0.1, 0.15) is 45.6 Å². The van der Waals surface area contributed by atoms with Gasteiger partial charge < -0.3 is 5.32 Å². The van der Waals surface area contributed by atoms with E-state index in [9.17, 15) is 4.39 Å². The third-order valence-electron chi connectivity index (χ3n) is 5.80. The molecule has 20 heavy (non-hydrogen) atoms. The Labute approximate surface area is 125 Å². The average Bonchev–Trinajstić information content (AvgIpc) is 2.85. The quantitative estimate of drug-likeness (QED) is 0.846. The average molecular weight is 296 g/mol. The Morgan fingerprint density at radius 1 is 1.35 bits per heavy atom. The van der Waals surface area contributed by atoms with Gasteiger partial charge in [-0.1, -0.05) is 44.5 Å². The van der Waals surface area contributed by atoms with Gasteiger partial charge in [0.05, 0.1) is 5.02 Å². The van der Waals surface area contributed by atoms with Crippen LogP contribution in [0.4, 0.5) is 4.39 Å². The number of halogens is 2. The second-order valence-electron chi connectivity index (χ2n) is 7.44. The third-order valence-corrected chi connectivity index (χ3v) is 6.09. The standard InChI is InChI=1S/C17H23ClFN/c1-16(2)12-7-8-17(3,9-12)15(16)20-10-11-5-4-6-13(18)14(11)19/h4-6,12,15,20H,7-10H2,1-3H3. The molecule has 1 N–H and O–H groups in total. The van der Waals surface area contributed by atoms with Gasteiger partial charge in [-0.25, -0.2) is 4.39 Å². The molecule has 0 amide bonds. The van der Waals surface area contributed by atoms with E-state index in [2.05, 4.69) is 26.1 Å². The molecule has 2 fully saturated rings. The van der Waals surface area contributed by atoms with Gasteiger partial charge in [-0.15, -0.1) is 0 Å². The number of nitrogens with one attached hydrogen (secondary N) is 1. The Morgan fingerprint density at radius 3 is 2.75 bits per heavy atom. The normalized spacial score (nSPS) is 34.6. The van der Waals surface area contributed by atoms with Gasteiger partial charge in [-0.3, -0.25) is 0 Å². The Bertz CT molecular complexity index is 523. The van der Waals surface area contributed by atoms with E-state index in [0.717, 1.165) is 5.92 Å². The van der Waals surface area contributed by atoms with Gasteiger partial charge >= 0.3 is 0 Å². The van der Waals surface area contributed by atoms with Crippen LogP contribution in [0.25, 0.3) is 0 Å². The van der Waals surface area contributed by atoms with Crippen LogP contribution in [0.3, 0.4) is 0 Å². The zero-order valence-electron chi connectivity index (χ0n) is 12.5. The number of rotatable bonds is 3. The first-order valence-corrected chi connectivity index (χ1v) is 7.89. The molecular formula is C17H23ClFN. The Hall–Kier alpha value is -0.600. The van der Waals surface area contributed by atoms with Crippen molar-refractivity contribution in [2.75, 3.05) is 0 Å². The Kier molecular flexibility index (Phi) is 3.38. The zero-order valence-corrected chi connectivity index (χ0v) is 13.2. The number of benzene rings is 1. The second-order valence-corrected chi connectivity index (χ2v) is 7.85. The molecule has 1 nitrogen and oxygen atoms in total. The SMILES string of the molecule is CC12CCC(C1)C(C)(C)C2NCc1cccc(Cl)c1F. The molecule has 3 unspecified atom stereocenters. The summed E-state index contributed by atoms with van der Waals surface area (Å²) in [4.78, 5) is 0. The topological polar surface area (TPSA) is 12.0 Å². The maximum atomic E-state index is 14.0. The van der Waals surface area contributed by atoms with Gasteiger partial charge in [0.15, 0.2) is 0 Å². The molecule has 2 aliphatic rings. The van der Waals surface area contributed by atoms with Crippen LogP contribution < -0.4 is 5.32 Å². The fourth-order valence-corrected chi connectivity index (χ4v) is 4.90. The van der Waals surface area contributed by atoms with Crippen molar-refractivity contribution < 1.29 is 4.39 Å². The van der Waals surface area contributed by atoms with E-state index >= 15 is 0 Å². The van der Waals surface area contributed by atoms with Gasteiger partial charge in [0, 0.05) is 18.2 Å². The Morgan fingerprint density at radius 2 is 2.10 bits per heavy atom. The smallest absolute Gasteiger partial charge is 0.146 e. The van der Waals surface area contributed by atoms with Gasteiger partial charge in [-0.05, 0) is 42.1 Å². The lowest BCUT2D eigenvalue weighted by Gasteiger charge is -2.43. The molecule has 0 saturated heterocycles. The van der Waals surface area contributed by atoms with Crippen LogP contribution in [0.2, 0.25) is 5.02 Å². The van der Waals surface area contributed by atoms with E-state index in [4.69, 9.17) is 11.6 Å². The minimum atomic E-state index is -0.284. The van der Waals surface area contributed by atoms with Crippen LogP contribution in [0.5, 0.6) is 0 Å². The lowest BCUT2D eigenvalue weighted by atomic mass is 9.68. The first-order valence-electron chi connectivity index (χ1n) is 7.51. The monoisotopic (exact) mass is 295 g/mol. The van der Waals surface area contributed by atoms with Crippen LogP contribution >= 0.6 is 11.6 Å². The summed E-state index contributed by atoms with van der Waals surface area (Å²) in [5.74, 6) is 0.516. The number of fused-ring (bicyclic) bond motifs is 2. The van der Waals surface area contributed by atoms with Gasteiger partial charge in [0.2, 0.25) is 0 Å². The van der Waals surface area contributed by atoms with Crippen LogP contribution in [0, 0.1) is 22.6 Å². The van der Waals surface area contributed by atoms with Crippen molar-refractivity contribution in [1.29, 1.82) is 0 Å². The fraction of sp³-hybridized carbons (Fsp3) is 0.647. The van der Waals surface area contributed by atoms with E-state index < -0.39 is 0 Å². The summed E-state index contributed by atoms with van der Waals surface area (Å²) in [5, 5.41) is 3.84. The van der Waals surface area contributed by atoms with Crippen molar-refractivity contribution in [2.24, 2.45) is 16.7 Å². The minimum Gasteiger partial charge on any atom is -0.309 e. The zero-order chi connectivity index (χ0) is 14.5. The van der Waals surface area contributed by atoms with Crippen molar-refractivity contribution in [1.82, 2.24) is 5.32 Å². The van der Waals surface area contributed by atoms with Crippen molar-refractivity contribution in [3.8, 4) is 0 Å². The molecule has 2 aliphatic carbocycles. The minimum absolute atomic E-state index is 0.211. The second kappa shape index (κ2) is 4.71. The summed E-state index contributed by atoms with van der Waals surface area (Å²) in [6, 6.07) is 5.68. The highest BCUT2D eigenvalue weighted by Gasteiger charge is 2.58. The summed E-state index contributed by atoms with van der Waals surface area (Å²) >= 11 is 5.85. The first-order chi connectivity index (χ1) is 9.34. The van der Waals surface area contributed by atoms with E-state index in [1.807, 2.05) is 12.1 Å². The molecule has 0 aromatic heterocycles. The van der Waals surface area contributed by atoms with Crippen molar-refractivity contribution in [3.63, 3.8) is 0 Å². The molecule has 0 aliphatic heterocycles. The highest BCUT2D eigenvalue weighted by Crippen LogP contribution is 2.62. The molecule has 0 heterocycles. The fourth-order valence-electron chi connectivity index (χ4n) is 4.71. The highest BCUT2D eigenvalue weighted by atomic mass is 35.5. The van der Waals surface area contributed by atoms with Crippen molar-refractivity contribution >= 4 is 11.6 Å². The van der Waals surface area contributed by atoms with Gasteiger partial charge in [0.1, 0.15) is 5.82 Å². The molecule has 2 bridgehead atoms. The Balaban J connectivity index is 1.77. The molecule has 110 valence electrons. The third kappa shape index (κ3) is 2.08. The summed E-state index contributed by atoms with van der Waals surface area (Å²) in [6.45, 7) is 7.65. The summed E-state index contributed by atoms with van der Waals surface area (Å²) in [6.07, 6.45) is 3.93. The van der Waals surface area contributed by atoms with Crippen LogP contribution in [-0.4, -0.2) is 6.04 Å². The number of hydrogen-bond acceptors (Lipinski definition) is 1. The lowest BCUT2D eigenvalue weighted by Crippen LogP contribution is -2.50. The van der Waals surface area contributed by atoms with E-state index in [1.54, 1.807) is 6.07 Å². The van der Waals surface area contributed by atoms with E-state index in [0.29, 0.717) is 29.0 Å². The van der Waals surface area contributed by atoms with E-state index in [1.165, 1.54) is 19.3 Å². The molecule has 0 spiro atoms. The molecule has 1 aromatic carbocycles. The predicted molar refractivity (Wildman–Crippen MR) is 81.3 cm³/mol. The molecule has 3 atom stereocenters. The van der Waals surface area contributed by atoms with Gasteiger partial charge in [0.25, 0.3) is 0 Å². The molecule has 0 radical (unpaired) electrons. The highest BCUT2D eigenvalue weighted by molar-refractivity contribution is 6.30.